The van der Waals surface area contributed by atoms with E-state index in [9.17, 15) is 9.59 Å². The number of pyridine rings is 1. The molecular formula is C21H25N3O2. The van der Waals surface area contributed by atoms with Crippen molar-refractivity contribution < 1.29 is 9.59 Å². The van der Waals surface area contributed by atoms with E-state index in [1.165, 1.54) is 0 Å². The van der Waals surface area contributed by atoms with Gasteiger partial charge in [-0.15, -0.1) is 0 Å². The topological polar surface area (TPSA) is 62.3 Å². The maximum Gasteiger partial charge on any atom is 0.254 e. The summed E-state index contributed by atoms with van der Waals surface area (Å²) in [7, 11) is 0. The van der Waals surface area contributed by atoms with E-state index in [0.717, 1.165) is 24.1 Å². The molecule has 2 unspecified atom stereocenters. The molecular weight excluding hydrogens is 326 g/mol. The van der Waals surface area contributed by atoms with Gasteiger partial charge in [-0.25, -0.2) is 0 Å². The van der Waals surface area contributed by atoms with Gasteiger partial charge in [0.05, 0.1) is 5.69 Å². The van der Waals surface area contributed by atoms with Gasteiger partial charge >= 0.3 is 0 Å². The van der Waals surface area contributed by atoms with Crippen molar-refractivity contribution in [2.24, 2.45) is 0 Å². The van der Waals surface area contributed by atoms with Gasteiger partial charge in [0.1, 0.15) is 6.04 Å². The number of hydrogen-bond acceptors (Lipinski definition) is 3. The average molecular weight is 351 g/mol. The smallest absolute Gasteiger partial charge is 0.254 e. The lowest BCUT2D eigenvalue weighted by molar-refractivity contribution is -0.125. The molecule has 1 aromatic heterocycles. The molecule has 0 spiro atoms. The summed E-state index contributed by atoms with van der Waals surface area (Å²) in [5.41, 5.74) is 2.32. The normalized spacial score (nSPS) is 17.8. The lowest BCUT2D eigenvalue weighted by Gasteiger charge is -2.25. The van der Waals surface area contributed by atoms with E-state index in [0.29, 0.717) is 18.5 Å². The van der Waals surface area contributed by atoms with E-state index in [2.05, 4.69) is 10.3 Å². The minimum absolute atomic E-state index is 0.0499. The summed E-state index contributed by atoms with van der Waals surface area (Å²) in [4.78, 5) is 31.6. The fourth-order valence-electron chi connectivity index (χ4n) is 3.23. The van der Waals surface area contributed by atoms with E-state index in [4.69, 9.17) is 0 Å². The predicted molar refractivity (Wildman–Crippen MR) is 102 cm³/mol. The van der Waals surface area contributed by atoms with Gasteiger partial charge in [-0.3, -0.25) is 14.6 Å². The van der Waals surface area contributed by atoms with Crippen LogP contribution in [0.2, 0.25) is 0 Å². The third-order valence-electron chi connectivity index (χ3n) is 4.89. The first-order valence-corrected chi connectivity index (χ1v) is 9.23. The van der Waals surface area contributed by atoms with Gasteiger partial charge in [0, 0.05) is 29.9 Å². The zero-order chi connectivity index (χ0) is 18.5. The second kappa shape index (κ2) is 8.13. The first kappa shape index (κ1) is 18.1. The number of nitrogens with one attached hydrogen (secondary N) is 1. The Balaban J connectivity index is 1.79. The van der Waals surface area contributed by atoms with Crippen LogP contribution >= 0.6 is 0 Å². The largest absolute Gasteiger partial charge is 0.352 e. The fourth-order valence-corrected chi connectivity index (χ4v) is 3.23. The summed E-state index contributed by atoms with van der Waals surface area (Å²) in [6.45, 7) is 4.63. The molecule has 2 atom stereocenters. The van der Waals surface area contributed by atoms with Crippen molar-refractivity contribution in [3.05, 3.63) is 54.2 Å². The van der Waals surface area contributed by atoms with Crippen LogP contribution in [0.5, 0.6) is 0 Å². The molecule has 0 bridgehead atoms. The van der Waals surface area contributed by atoms with Crippen molar-refractivity contribution in [2.75, 3.05) is 6.54 Å². The zero-order valence-electron chi connectivity index (χ0n) is 15.3. The van der Waals surface area contributed by atoms with Gasteiger partial charge in [-0.05, 0) is 50.5 Å². The molecule has 2 aromatic rings. The standard InChI is InChI=1S/C21H25N3O2/c1-3-15(2)23-20(25)19-11-7-13-24(19)21(26)17-9-6-8-16(14-17)18-10-4-5-12-22-18/h4-6,8-10,12,14-15,19H,3,7,11,13H2,1-2H3,(H,23,25). The first-order chi connectivity index (χ1) is 12.6. The molecule has 26 heavy (non-hydrogen) atoms. The molecule has 1 fully saturated rings. The second-order valence-electron chi connectivity index (χ2n) is 6.77. The molecule has 2 heterocycles. The van der Waals surface area contributed by atoms with Crippen LogP contribution in [-0.2, 0) is 4.79 Å². The number of benzene rings is 1. The van der Waals surface area contributed by atoms with Crippen LogP contribution in [0.3, 0.4) is 0 Å². The van der Waals surface area contributed by atoms with Crippen LogP contribution in [0.15, 0.2) is 48.7 Å². The SMILES string of the molecule is CCC(C)NC(=O)C1CCCN1C(=O)c1cccc(-c2ccccn2)c1. The Kier molecular flexibility index (Phi) is 5.66. The van der Waals surface area contributed by atoms with Crippen LogP contribution < -0.4 is 5.32 Å². The molecule has 1 aliphatic heterocycles. The molecule has 0 radical (unpaired) electrons. The number of hydrogen-bond donors (Lipinski definition) is 1. The zero-order valence-corrected chi connectivity index (χ0v) is 15.3. The minimum atomic E-state index is -0.380. The Bertz CT molecular complexity index is 776. The van der Waals surface area contributed by atoms with Crippen LogP contribution in [-0.4, -0.2) is 40.3 Å². The van der Waals surface area contributed by atoms with E-state index in [1.807, 2.05) is 50.2 Å². The lowest BCUT2D eigenvalue weighted by atomic mass is 10.1. The van der Waals surface area contributed by atoms with Gasteiger partial charge in [-0.1, -0.05) is 25.1 Å². The van der Waals surface area contributed by atoms with Crippen molar-refractivity contribution in [1.29, 1.82) is 0 Å². The molecule has 0 saturated carbocycles. The average Bonchev–Trinajstić information content (AvgIpc) is 3.18. The summed E-state index contributed by atoms with van der Waals surface area (Å²) >= 11 is 0. The van der Waals surface area contributed by atoms with Gasteiger partial charge < -0.3 is 10.2 Å². The van der Waals surface area contributed by atoms with Crippen LogP contribution in [0.25, 0.3) is 11.3 Å². The summed E-state index contributed by atoms with van der Waals surface area (Å²) in [5.74, 6) is -0.143. The van der Waals surface area contributed by atoms with Crippen LogP contribution in [0, 0.1) is 0 Å². The third-order valence-corrected chi connectivity index (χ3v) is 4.89. The number of amides is 2. The summed E-state index contributed by atoms with van der Waals surface area (Å²) in [5, 5.41) is 3.00. The number of nitrogens with zero attached hydrogens (tertiary/aromatic N) is 2. The molecule has 5 nitrogen and oxygen atoms in total. The van der Waals surface area contributed by atoms with Crippen LogP contribution in [0.4, 0.5) is 0 Å². The predicted octanol–water partition coefficient (Wildman–Crippen LogP) is 3.27. The maximum absolute atomic E-state index is 13.0. The molecule has 2 amide bonds. The quantitative estimate of drug-likeness (QED) is 0.899. The Hall–Kier alpha value is -2.69. The minimum Gasteiger partial charge on any atom is -0.352 e. The van der Waals surface area contributed by atoms with Crippen molar-refractivity contribution in [2.45, 2.75) is 45.2 Å². The summed E-state index contributed by atoms with van der Waals surface area (Å²) in [6, 6.07) is 12.9. The number of rotatable bonds is 5. The Labute approximate surface area is 154 Å². The molecule has 3 rings (SSSR count). The third kappa shape index (κ3) is 3.93. The second-order valence-corrected chi connectivity index (χ2v) is 6.77. The number of carbonyl (C=O) groups excluding carboxylic acids is 2. The molecule has 5 heteroatoms. The number of likely N-dealkylation sites (tertiary alicyclic amines) is 1. The first-order valence-electron chi connectivity index (χ1n) is 9.23. The van der Waals surface area contributed by atoms with E-state index in [-0.39, 0.29) is 23.9 Å². The van der Waals surface area contributed by atoms with Crippen molar-refractivity contribution in [3.63, 3.8) is 0 Å². The molecule has 1 saturated heterocycles. The molecule has 1 aromatic carbocycles. The monoisotopic (exact) mass is 351 g/mol. The highest BCUT2D eigenvalue weighted by molar-refractivity contribution is 5.98. The number of carbonyl (C=O) groups is 2. The summed E-state index contributed by atoms with van der Waals surface area (Å²) in [6.07, 6.45) is 4.18. The van der Waals surface area contributed by atoms with E-state index in [1.54, 1.807) is 17.2 Å². The van der Waals surface area contributed by atoms with Gasteiger partial charge in [0.2, 0.25) is 5.91 Å². The summed E-state index contributed by atoms with van der Waals surface area (Å²) < 4.78 is 0. The van der Waals surface area contributed by atoms with Crippen molar-refractivity contribution in [3.8, 4) is 11.3 Å². The molecule has 0 aliphatic carbocycles. The van der Waals surface area contributed by atoms with E-state index < -0.39 is 0 Å². The molecule has 1 aliphatic rings. The molecule has 136 valence electrons. The fraction of sp³-hybridized carbons (Fsp3) is 0.381. The van der Waals surface area contributed by atoms with E-state index >= 15 is 0 Å². The van der Waals surface area contributed by atoms with Crippen molar-refractivity contribution in [1.82, 2.24) is 15.2 Å². The highest BCUT2D eigenvalue weighted by Crippen LogP contribution is 2.23. The Morgan fingerprint density at radius 3 is 2.85 bits per heavy atom. The van der Waals surface area contributed by atoms with Gasteiger partial charge in [0.15, 0.2) is 0 Å². The van der Waals surface area contributed by atoms with Gasteiger partial charge in [0.25, 0.3) is 5.91 Å². The van der Waals surface area contributed by atoms with Crippen LogP contribution in [0.1, 0.15) is 43.5 Å². The van der Waals surface area contributed by atoms with Gasteiger partial charge in [-0.2, -0.15) is 0 Å². The highest BCUT2D eigenvalue weighted by atomic mass is 16.2. The lowest BCUT2D eigenvalue weighted by Crippen LogP contribution is -2.48. The Morgan fingerprint density at radius 2 is 2.12 bits per heavy atom. The number of aromatic nitrogens is 1. The maximum atomic E-state index is 13.0. The Morgan fingerprint density at radius 1 is 1.27 bits per heavy atom. The highest BCUT2D eigenvalue weighted by Gasteiger charge is 2.34. The van der Waals surface area contributed by atoms with Crippen molar-refractivity contribution >= 4 is 11.8 Å². The molecule has 1 N–H and O–H groups in total.